The second-order valence-corrected chi connectivity index (χ2v) is 4.46. The highest BCUT2D eigenvalue weighted by Gasteiger charge is 2.08. The first-order chi connectivity index (χ1) is 11.1. The molecule has 0 saturated heterocycles. The summed E-state index contributed by atoms with van der Waals surface area (Å²) >= 11 is 0. The van der Waals surface area contributed by atoms with Crippen LogP contribution in [0.4, 0.5) is 8.78 Å². The molecular weight excluding hydrogens is 305 g/mol. The monoisotopic (exact) mass is 322 g/mol. The highest BCUT2D eigenvalue weighted by Crippen LogP contribution is 2.25. The van der Waals surface area contributed by atoms with E-state index in [1.165, 1.54) is 36.4 Å². The largest absolute Gasteiger partial charge is 0.576 e. The van der Waals surface area contributed by atoms with Gasteiger partial charge in [0.25, 0.3) is 0 Å². The summed E-state index contributed by atoms with van der Waals surface area (Å²) in [6, 6.07) is 8.34. The zero-order chi connectivity index (χ0) is 16.7. The predicted octanol–water partition coefficient (Wildman–Crippen LogP) is 3.49. The van der Waals surface area contributed by atoms with Gasteiger partial charge in [0.15, 0.2) is 23.1 Å². The zero-order valence-corrected chi connectivity index (χ0v) is 13.0. The lowest BCUT2D eigenvalue weighted by Gasteiger charge is -2.11. The van der Waals surface area contributed by atoms with Gasteiger partial charge in [0.05, 0.1) is 13.2 Å². The molecule has 2 rings (SSSR count). The van der Waals surface area contributed by atoms with Crippen LogP contribution < -0.4 is 18.8 Å². The average Bonchev–Trinajstić information content (AvgIpc) is 2.54. The topological polar surface area (TPSA) is 36.9 Å². The molecule has 0 radical (unpaired) electrons. The molecule has 0 amide bonds. The Morgan fingerprint density at radius 1 is 0.783 bits per heavy atom. The summed E-state index contributed by atoms with van der Waals surface area (Å²) in [5, 5.41) is 0. The van der Waals surface area contributed by atoms with Crippen molar-refractivity contribution in [2.45, 2.75) is 13.8 Å². The molecule has 0 saturated carbocycles. The van der Waals surface area contributed by atoms with Gasteiger partial charge in [-0.25, -0.2) is 8.78 Å². The van der Waals surface area contributed by atoms with Gasteiger partial charge >= 0.3 is 7.69 Å². The number of halogens is 2. The summed E-state index contributed by atoms with van der Waals surface area (Å²) in [4.78, 5) is 0. The fraction of sp³-hybridized carbons (Fsp3) is 0.250. The molecular formula is C16H17BF2O4. The molecule has 0 aliphatic carbocycles. The van der Waals surface area contributed by atoms with E-state index in [0.717, 1.165) is 0 Å². The fourth-order valence-electron chi connectivity index (χ4n) is 1.84. The van der Waals surface area contributed by atoms with Crippen molar-refractivity contribution >= 4 is 7.69 Å². The van der Waals surface area contributed by atoms with Crippen LogP contribution in [0.1, 0.15) is 13.8 Å². The molecule has 23 heavy (non-hydrogen) atoms. The molecule has 0 spiro atoms. The standard InChI is InChI=1S/C16H17BF2O4/c1-3-20-15-9-11(5-7-13(15)18)22-17-23-12-6-8-14(19)16(10-12)21-4-2/h5-10,17H,3-4H2,1-2H3. The lowest BCUT2D eigenvalue weighted by Crippen LogP contribution is -2.11. The molecule has 0 bridgehead atoms. The number of ether oxygens (including phenoxy) is 2. The highest BCUT2D eigenvalue weighted by molar-refractivity contribution is 6.20. The molecule has 0 unspecified atom stereocenters. The van der Waals surface area contributed by atoms with Gasteiger partial charge in [-0.2, -0.15) is 0 Å². The van der Waals surface area contributed by atoms with Gasteiger partial charge in [-0.1, -0.05) is 0 Å². The molecule has 7 heteroatoms. The van der Waals surface area contributed by atoms with Crippen LogP contribution in [0.25, 0.3) is 0 Å². The molecule has 0 atom stereocenters. The Bertz CT molecular complexity index is 596. The van der Waals surface area contributed by atoms with E-state index in [4.69, 9.17) is 18.8 Å². The molecule has 0 aromatic heterocycles. The van der Waals surface area contributed by atoms with Crippen LogP contribution in [-0.2, 0) is 0 Å². The van der Waals surface area contributed by atoms with Gasteiger partial charge in [0.2, 0.25) is 0 Å². The second-order valence-electron chi connectivity index (χ2n) is 4.46. The smallest absolute Gasteiger partial charge is 0.528 e. The SMILES string of the molecule is CCOc1cc(OBOc2ccc(F)c(OCC)c2)ccc1F. The van der Waals surface area contributed by atoms with Gasteiger partial charge in [-0.05, 0) is 38.1 Å². The summed E-state index contributed by atoms with van der Waals surface area (Å²) in [5.74, 6) is 0.125. The minimum Gasteiger partial charge on any atom is -0.528 e. The normalized spacial score (nSPS) is 10.1. The molecule has 0 aliphatic heterocycles. The Morgan fingerprint density at radius 3 is 1.61 bits per heavy atom. The van der Waals surface area contributed by atoms with E-state index in [9.17, 15) is 8.78 Å². The van der Waals surface area contributed by atoms with E-state index in [1.807, 2.05) is 0 Å². The van der Waals surface area contributed by atoms with E-state index in [0.29, 0.717) is 24.7 Å². The number of hydrogen-bond acceptors (Lipinski definition) is 4. The van der Waals surface area contributed by atoms with Crippen molar-refractivity contribution in [2.24, 2.45) is 0 Å². The van der Waals surface area contributed by atoms with Crippen molar-refractivity contribution in [3.05, 3.63) is 48.0 Å². The van der Waals surface area contributed by atoms with Crippen LogP contribution >= 0.6 is 0 Å². The molecule has 4 nitrogen and oxygen atoms in total. The molecule has 0 aliphatic rings. The van der Waals surface area contributed by atoms with Gasteiger partial charge in [0, 0.05) is 12.1 Å². The van der Waals surface area contributed by atoms with Gasteiger partial charge < -0.3 is 18.8 Å². The summed E-state index contributed by atoms with van der Waals surface area (Å²) in [6.45, 7) is 4.24. The maximum Gasteiger partial charge on any atom is 0.576 e. The van der Waals surface area contributed by atoms with Gasteiger partial charge in [-0.3, -0.25) is 0 Å². The van der Waals surface area contributed by atoms with E-state index in [2.05, 4.69) is 0 Å². The first kappa shape index (κ1) is 16.9. The molecule has 0 N–H and O–H groups in total. The van der Waals surface area contributed by atoms with Crippen LogP contribution in [0.5, 0.6) is 23.0 Å². The van der Waals surface area contributed by atoms with E-state index in [1.54, 1.807) is 13.8 Å². The Morgan fingerprint density at radius 2 is 1.22 bits per heavy atom. The Balaban J connectivity index is 1.94. The summed E-state index contributed by atoms with van der Waals surface area (Å²) < 4.78 is 47.9. The van der Waals surface area contributed by atoms with Gasteiger partial charge in [-0.15, -0.1) is 0 Å². The molecule has 122 valence electrons. The first-order valence-corrected chi connectivity index (χ1v) is 7.24. The minimum absolute atomic E-state index is 0.116. The predicted molar refractivity (Wildman–Crippen MR) is 83.5 cm³/mol. The van der Waals surface area contributed by atoms with Crippen molar-refractivity contribution in [1.29, 1.82) is 0 Å². The third-order valence-electron chi connectivity index (χ3n) is 2.86. The van der Waals surface area contributed by atoms with E-state index in [-0.39, 0.29) is 19.2 Å². The first-order valence-electron chi connectivity index (χ1n) is 7.24. The molecule has 0 heterocycles. The quantitative estimate of drug-likeness (QED) is 0.697. The third kappa shape index (κ3) is 4.77. The van der Waals surface area contributed by atoms with Crippen molar-refractivity contribution in [1.82, 2.24) is 0 Å². The van der Waals surface area contributed by atoms with Gasteiger partial charge in [0.1, 0.15) is 11.5 Å². The average molecular weight is 322 g/mol. The lowest BCUT2D eigenvalue weighted by atomic mass is 10.2. The maximum absolute atomic E-state index is 13.4. The van der Waals surface area contributed by atoms with Crippen LogP contribution in [0.15, 0.2) is 36.4 Å². The number of rotatable bonds is 8. The van der Waals surface area contributed by atoms with Crippen molar-refractivity contribution in [3.8, 4) is 23.0 Å². The summed E-state index contributed by atoms with van der Waals surface area (Å²) in [7, 11) is -0.117. The molecule has 2 aromatic carbocycles. The Hall–Kier alpha value is -2.44. The Labute approximate surface area is 134 Å². The van der Waals surface area contributed by atoms with Crippen molar-refractivity contribution in [2.75, 3.05) is 13.2 Å². The highest BCUT2D eigenvalue weighted by atomic mass is 19.1. The van der Waals surface area contributed by atoms with Crippen molar-refractivity contribution in [3.63, 3.8) is 0 Å². The summed E-state index contributed by atoms with van der Waals surface area (Å²) in [5.41, 5.74) is 0. The molecule has 2 aromatic rings. The Kier molecular flexibility index (Phi) is 6.08. The van der Waals surface area contributed by atoms with Crippen LogP contribution in [0.3, 0.4) is 0 Å². The van der Waals surface area contributed by atoms with Crippen LogP contribution in [0, 0.1) is 11.6 Å². The van der Waals surface area contributed by atoms with E-state index >= 15 is 0 Å². The third-order valence-corrected chi connectivity index (χ3v) is 2.86. The van der Waals surface area contributed by atoms with E-state index < -0.39 is 11.6 Å². The van der Waals surface area contributed by atoms with Crippen LogP contribution in [-0.4, -0.2) is 20.9 Å². The zero-order valence-electron chi connectivity index (χ0n) is 13.0. The molecule has 0 fully saturated rings. The number of hydrogen-bond donors (Lipinski definition) is 0. The fourth-order valence-corrected chi connectivity index (χ4v) is 1.84. The number of benzene rings is 2. The minimum atomic E-state index is -0.458. The second kappa shape index (κ2) is 8.26. The maximum atomic E-state index is 13.4. The van der Waals surface area contributed by atoms with Crippen LogP contribution in [0.2, 0.25) is 0 Å². The van der Waals surface area contributed by atoms with Crippen molar-refractivity contribution < 1.29 is 27.6 Å². The lowest BCUT2D eigenvalue weighted by molar-refractivity contribution is 0.319. The summed E-state index contributed by atoms with van der Waals surface area (Å²) in [6.07, 6.45) is 0.